The molecule has 0 bridgehead atoms. The van der Waals surface area contributed by atoms with Crippen molar-refractivity contribution in [3.8, 4) is 0 Å². The number of benzene rings is 1. The van der Waals surface area contributed by atoms with Gasteiger partial charge >= 0.3 is 0 Å². The van der Waals surface area contributed by atoms with Crippen LogP contribution in [-0.4, -0.2) is 35.5 Å². The Morgan fingerprint density at radius 3 is 2.68 bits per heavy atom. The summed E-state index contributed by atoms with van der Waals surface area (Å²) < 4.78 is 0. The molecule has 1 N–H and O–H groups in total. The second-order valence-corrected chi connectivity index (χ2v) is 4.98. The molecule has 1 fully saturated rings. The van der Waals surface area contributed by atoms with Gasteiger partial charge in [-0.05, 0) is 32.5 Å². The number of para-hydroxylation sites is 1. The Morgan fingerprint density at radius 1 is 1.37 bits per heavy atom. The molecule has 1 heterocycles. The number of nitrogens with one attached hydrogen (secondary N) is 1. The summed E-state index contributed by atoms with van der Waals surface area (Å²) in [6.07, 6.45) is 2.24. The molecular weight excluding hydrogens is 242 g/mol. The Morgan fingerprint density at radius 2 is 2.05 bits per heavy atom. The van der Waals surface area contributed by atoms with Crippen LogP contribution in [0.4, 0.5) is 5.69 Å². The maximum atomic E-state index is 10.9. The van der Waals surface area contributed by atoms with Gasteiger partial charge in [0.05, 0.1) is 4.92 Å². The maximum Gasteiger partial charge on any atom is 0.273 e. The van der Waals surface area contributed by atoms with Crippen molar-refractivity contribution in [2.24, 2.45) is 0 Å². The highest BCUT2D eigenvalue weighted by molar-refractivity contribution is 5.39. The van der Waals surface area contributed by atoms with Gasteiger partial charge < -0.3 is 10.2 Å². The average Bonchev–Trinajstić information content (AvgIpc) is 2.46. The number of piperidine rings is 1. The highest BCUT2D eigenvalue weighted by Crippen LogP contribution is 2.18. The van der Waals surface area contributed by atoms with Gasteiger partial charge in [-0.1, -0.05) is 25.1 Å². The van der Waals surface area contributed by atoms with Crippen molar-refractivity contribution < 1.29 is 4.92 Å². The second kappa shape index (κ2) is 6.63. The van der Waals surface area contributed by atoms with Gasteiger partial charge in [0.2, 0.25) is 0 Å². The van der Waals surface area contributed by atoms with E-state index in [0.29, 0.717) is 12.6 Å². The summed E-state index contributed by atoms with van der Waals surface area (Å²) >= 11 is 0. The largest absolute Gasteiger partial charge is 0.310 e. The van der Waals surface area contributed by atoms with E-state index < -0.39 is 0 Å². The Balaban J connectivity index is 1.88. The van der Waals surface area contributed by atoms with E-state index in [9.17, 15) is 10.1 Å². The lowest BCUT2D eigenvalue weighted by Crippen LogP contribution is -2.42. The molecule has 0 saturated carbocycles. The van der Waals surface area contributed by atoms with Crippen LogP contribution in [0.15, 0.2) is 24.3 Å². The third-order valence-electron chi connectivity index (χ3n) is 3.80. The van der Waals surface area contributed by atoms with Crippen LogP contribution < -0.4 is 5.32 Å². The third kappa shape index (κ3) is 3.75. The van der Waals surface area contributed by atoms with Gasteiger partial charge in [-0.25, -0.2) is 0 Å². The standard InChI is InChI=1S/C14H21N3O2/c1-2-16-9-7-13(8-10-16)15-11-12-5-3-4-6-14(12)17(18)19/h3-6,13,15H,2,7-11H2,1H3. The minimum Gasteiger partial charge on any atom is -0.310 e. The minimum absolute atomic E-state index is 0.209. The molecule has 0 aromatic heterocycles. The highest BCUT2D eigenvalue weighted by atomic mass is 16.6. The van der Waals surface area contributed by atoms with Crippen LogP contribution in [0, 0.1) is 10.1 Å². The first kappa shape index (κ1) is 14.0. The number of hydrogen-bond donors (Lipinski definition) is 1. The molecule has 0 spiro atoms. The molecule has 2 rings (SSSR count). The zero-order valence-electron chi connectivity index (χ0n) is 11.3. The van der Waals surface area contributed by atoms with Crippen molar-refractivity contribution in [2.75, 3.05) is 19.6 Å². The molecule has 5 nitrogen and oxygen atoms in total. The monoisotopic (exact) mass is 263 g/mol. The molecule has 0 atom stereocenters. The maximum absolute atomic E-state index is 10.9. The Kier molecular flexibility index (Phi) is 4.87. The molecule has 5 heteroatoms. The molecule has 1 aromatic rings. The van der Waals surface area contributed by atoms with Crippen molar-refractivity contribution in [1.29, 1.82) is 0 Å². The SMILES string of the molecule is CCN1CCC(NCc2ccccc2[N+](=O)[O-])CC1. The topological polar surface area (TPSA) is 58.4 Å². The molecule has 19 heavy (non-hydrogen) atoms. The fraction of sp³-hybridized carbons (Fsp3) is 0.571. The number of rotatable bonds is 5. The molecule has 1 aliphatic rings. The normalized spacial score (nSPS) is 17.5. The predicted molar refractivity (Wildman–Crippen MR) is 75.1 cm³/mol. The van der Waals surface area contributed by atoms with Crippen LogP contribution >= 0.6 is 0 Å². The van der Waals surface area contributed by atoms with Crippen LogP contribution in [0.3, 0.4) is 0 Å². The van der Waals surface area contributed by atoms with Crippen molar-refractivity contribution in [3.05, 3.63) is 39.9 Å². The molecule has 1 aliphatic heterocycles. The summed E-state index contributed by atoms with van der Waals surface area (Å²) in [5.74, 6) is 0. The van der Waals surface area contributed by atoms with E-state index in [-0.39, 0.29) is 10.6 Å². The minimum atomic E-state index is -0.309. The number of nitro groups is 1. The van der Waals surface area contributed by atoms with Crippen molar-refractivity contribution >= 4 is 5.69 Å². The van der Waals surface area contributed by atoms with Crippen LogP contribution in [-0.2, 0) is 6.54 Å². The van der Waals surface area contributed by atoms with Crippen molar-refractivity contribution in [3.63, 3.8) is 0 Å². The first-order valence-electron chi connectivity index (χ1n) is 6.88. The van der Waals surface area contributed by atoms with Gasteiger partial charge in [0.1, 0.15) is 0 Å². The van der Waals surface area contributed by atoms with Crippen LogP contribution in [0.1, 0.15) is 25.3 Å². The van der Waals surface area contributed by atoms with Gasteiger partial charge in [-0.3, -0.25) is 10.1 Å². The molecule has 0 aliphatic carbocycles. The predicted octanol–water partition coefficient (Wildman–Crippen LogP) is 2.17. The zero-order chi connectivity index (χ0) is 13.7. The van der Waals surface area contributed by atoms with Gasteiger partial charge in [0.15, 0.2) is 0 Å². The van der Waals surface area contributed by atoms with E-state index in [1.54, 1.807) is 12.1 Å². The molecule has 0 unspecified atom stereocenters. The van der Waals surface area contributed by atoms with Gasteiger partial charge in [0, 0.05) is 24.2 Å². The van der Waals surface area contributed by atoms with Crippen LogP contribution in [0.2, 0.25) is 0 Å². The zero-order valence-corrected chi connectivity index (χ0v) is 11.3. The number of nitro benzene ring substituents is 1. The Bertz CT molecular complexity index is 428. The summed E-state index contributed by atoms with van der Waals surface area (Å²) in [6, 6.07) is 7.43. The first-order valence-corrected chi connectivity index (χ1v) is 6.88. The summed E-state index contributed by atoms with van der Waals surface area (Å²) in [5, 5.41) is 14.4. The Hall–Kier alpha value is -1.46. The Labute approximate surface area is 113 Å². The first-order chi connectivity index (χ1) is 9.20. The molecule has 104 valence electrons. The molecular formula is C14H21N3O2. The fourth-order valence-corrected chi connectivity index (χ4v) is 2.55. The lowest BCUT2D eigenvalue weighted by atomic mass is 10.0. The van der Waals surface area contributed by atoms with Crippen LogP contribution in [0.25, 0.3) is 0 Å². The molecule has 1 saturated heterocycles. The van der Waals surface area contributed by atoms with E-state index in [1.807, 2.05) is 12.1 Å². The number of nitrogens with zero attached hydrogens (tertiary/aromatic N) is 2. The lowest BCUT2D eigenvalue weighted by molar-refractivity contribution is -0.385. The lowest BCUT2D eigenvalue weighted by Gasteiger charge is -2.31. The second-order valence-electron chi connectivity index (χ2n) is 4.98. The van der Waals surface area contributed by atoms with E-state index in [0.717, 1.165) is 38.0 Å². The summed E-state index contributed by atoms with van der Waals surface area (Å²) in [4.78, 5) is 13.1. The summed E-state index contributed by atoms with van der Waals surface area (Å²) in [5.41, 5.74) is 0.978. The van der Waals surface area contributed by atoms with E-state index in [4.69, 9.17) is 0 Å². The van der Waals surface area contributed by atoms with Crippen LogP contribution in [0.5, 0.6) is 0 Å². The third-order valence-corrected chi connectivity index (χ3v) is 3.80. The molecule has 0 amide bonds. The number of likely N-dealkylation sites (tertiary alicyclic amines) is 1. The summed E-state index contributed by atoms with van der Waals surface area (Å²) in [6.45, 7) is 6.10. The van der Waals surface area contributed by atoms with Gasteiger partial charge in [0.25, 0.3) is 5.69 Å². The number of hydrogen-bond acceptors (Lipinski definition) is 4. The highest BCUT2D eigenvalue weighted by Gasteiger charge is 2.19. The summed E-state index contributed by atoms with van der Waals surface area (Å²) in [7, 11) is 0. The van der Waals surface area contributed by atoms with Crippen molar-refractivity contribution in [1.82, 2.24) is 10.2 Å². The smallest absolute Gasteiger partial charge is 0.273 e. The van der Waals surface area contributed by atoms with E-state index >= 15 is 0 Å². The average molecular weight is 263 g/mol. The van der Waals surface area contributed by atoms with Crippen molar-refractivity contribution in [2.45, 2.75) is 32.4 Å². The fourth-order valence-electron chi connectivity index (χ4n) is 2.55. The molecule has 0 radical (unpaired) electrons. The van der Waals surface area contributed by atoms with E-state index in [1.165, 1.54) is 0 Å². The van der Waals surface area contributed by atoms with Gasteiger partial charge in [-0.15, -0.1) is 0 Å². The van der Waals surface area contributed by atoms with E-state index in [2.05, 4.69) is 17.1 Å². The molecule has 1 aromatic carbocycles. The quantitative estimate of drug-likeness (QED) is 0.653. The van der Waals surface area contributed by atoms with Gasteiger partial charge in [-0.2, -0.15) is 0 Å².